The number of carbonyl (C=O) groups is 1. The molecule has 2 N–H and O–H groups in total. The van der Waals surface area contributed by atoms with E-state index in [9.17, 15) is 17.6 Å². The number of amides is 1. The minimum atomic E-state index is -4.02. The molecule has 0 heterocycles. The Balaban J connectivity index is 1.73. The van der Waals surface area contributed by atoms with E-state index in [1.807, 2.05) is 0 Å². The number of nitrogens with one attached hydrogen (secondary N) is 2. The van der Waals surface area contributed by atoms with E-state index >= 15 is 0 Å². The zero-order chi connectivity index (χ0) is 21.9. The number of halogens is 4. The van der Waals surface area contributed by atoms with Gasteiger partial charge in [-0.25, -0.2) is 17.5 Å². The van der Waals surface area contributed by atoms with Crippen molar-refractivity contribution in [1.82, 2.24) is 4.72 Å². The van der Waals surface area contributed by atoms with Crippen LogP contribution in [0.5, 0.6) is 0 Å². The van der Waals surface area contributed by atoms with Gasteiger partial charge in [-0.3, -0.25) is 4.79 Å². The van der Waals surface area contributed by atoms with E-state index in [2.05, 4.69) is 10.0 Å². The molecular formula is C20H14Cl3FN2O3S. The Labute approximate surface area is 187 Å². The molecule has 0 spiro atoms. The first-order valence-electron chi connectivity index (χ1n) is 8.46. The summed E-state index contributed by atoms with van der Waals surface area (Å²) in [5.74, 6) is -1.46. The van der Waals surface area contributed by atoms with Gasteiger partial charge >= 0.3 is 0 Å². The lowest BCUT2D eigenvalue weighted by molar-refractivity contribution is 0.102. The molecule has 0 saturated heterocycles. The highest BCUT2D eigenvalue weighted by atomic mass is 35.5. The highest BCUT2D eigenvalue weighted by Gasteiger charge is 2.18. The molecule has 156 valence electrons. The molecule has 0 aliphatic heterocycles. The van der Waals surface area contributed by atoms with Crippen molar-refractivity contribution in [2.24, 2.45) is 0 Å². The van der Waals surface area contributed by atoms with Crippen LogP contribution in [0.4, 0.5) is 10.1 Å². The monoisotopic (exact) mass is 486 g/mol. The molecule has 3 aromatic rings. The zero-order valence-electron chi connectivity index (χ0n) is 15.1. The summed E-state index contributed by atoms with van der Waals surface area (Å²) in [6.45, 7) is -0.102. The Morgan fingerprint density at radius 2 is 1.57 bits per heavy atom. The average Bonchev–Trinajstić information content (AvgIpc) is 2.69. The third-order valence-electron chi connectivity index (χ3n) is 4.07. The molecule has 1 amide bonds. The van der Waals surface area contributed by atoms with Crippen molar-refractivity contribution in [3.8, 4) is 0 Å². The lowest BCUT2D eigenvalue weighted by atomic mass is 10.2. The Bertz CT molecular complexity index is 1200. The zero-order valence-corrected chi connectivity index (χ0v) is 18.2. The van der Waals surface area contributed by atoms with Crippen molar-refractivity contribution < 1.29 is 17.6 Å². The first kappa shape index (κ1) is 22.5. The van der Waals surface area contributed by atoms with Crippen molar-refractivity contribution in [3.05, 3.63) is 92.7 Å². The van der Waals surface area contributed by atoms with Gasteiger partial charge in [-0.05, 0) is 60.2 Å². The number of hydrogen-bond acceptors (Lipinski definition) is 3. The predicted molar refractivity (Wildman–Crippen MR) is 116 cm³/mol. The summed E-state index contributed by atoms with van der Waals surface area (Å²) in [5.41, 5.74) is 0.628. The number of hydrogen-bond donors (Lipinski definition) is 2. The maximum atomic E-state index is 14.4. The summed E-state index contributed by atoms with van der Waals surface area (Å²) >= 11 is 17.6. The number of anilines is 1. The molecule has 3 rings (SSSR count). The van der Waals surface area contributed by atoms with E-state index < -0.39 is 21.7 Å². The van der Waals surface area contributed by atoms with Crippen LogP contribution in [0, 0.1) is 5.82 Å². The summed E-state index contributed by atoms with van der Waals surface area (Å²) in [6.07, 6.45) is 0. The fraction of sp³-hybridized carbons (Fsp3) is 0.0500. The number of sulfonamides is 1. The molecule has 0 aliphatic rings. The molecule has 0 saturated carbocycles. The van der Waals surface area contributed by atoms with Gasteiger partial charge in [-0.2, -0.15) is 0 Å². The van der Waals surface area contributed by atoms with Gasteiger partial charge in [0.15, 0.2) is 0 Å². The van der Waals surface area contributed by atoms with Gasteiger partial charge in [0.25, 0.3) is 5.91 Å². The largest absolute Gasteiger partial charge is 0.319 e. The van der Waals surface area contributed by atoms with Crippen LogP contribution in [0.15, 0.2) is 65.6 Å². The van der Waals surface area contributed by atoms with E-state index in [0.29, 0.717) is 20.6 Å². The summed E-state index contributed by atoms with van der Waals surface area (Å²) in [5, 5.41) is 3.57. The van der Waals surface area contributed by atoms with Gasteiger partial charge in [-0.1, -0.05) is 40.9 Å². The second-order valence-electron chi connectivity index (χ2n) is 6.16. The number of benzene rings is 3. The number of carbonyl (C=O) groups excluding carboxylic acids is 1. The van der Waals surface area contributed by atoms with Gasteiger partial charge in [0.1, 0.15) is 5.82 Å². The summed E-state index contributed by atoms with van der Waals surface area (Å²) in [4.78, 5) is 11.9. The van der Waals surface area contributed by atoms with Crippen molar-refractivity contribution in [2.45, 2.75) is 11.4 Å². The Morgan fingerprint density at radius 1 is 0.900 bits per heavy atom. The molecule has 0 unspecified atom stereocenters. The molecular weight excluding hydrogens is 474 g/mol. The molecule has 5 nitrogen and oxygen atoms in total. The maximum absolute atomic E-state index is 14.4. The van der Waals surface area contributed by atoms with Crippen molar-refractivity contribution in [1.29, 1.82) is 0 Å². The van der Waals surface area contributed by atoms with Gasteiger partial charge in [0.05, 0.1) is 10.6 Å². The summed E-state index contributed by atoms with van der Waals surface area (Å²) in [6, 6.07) is 13.9. The van der Waals surface area contributed by atoms with E-state index in [4.69, 9.17) is 34.8 Å². The molecule has 10 heteroatoms. The second-order valence-corrected chi connectivity index (χ2v) is 9.21. The molecule has 0 radical (unpaired) electrons. The van der Waals surface area contributed by atoms with Crippen LogP contribution in [0.25, 0.3) is 0 Å². The average molecular weight is 488 g/mol. The third kappa shape index (κ3) is 5.50. The lowest BCUT2D eigenvalue weighted by Gasteiger charge is -2.11. The molecule has 3 aromatic carbocycles. The van der Waals surface area contributed by atoms with Gasteiger partial charge in [-0.15, -0.1) is 0 Å². The van der Waals surface area contributed by atoms with Crippen LogP contribution in [-0.4, -0.2) is 14.3 Å². The van der Waals surface area contributed by atoms with Crippen LogP contribution < -0.4 is 10.0 Å². The molecule has 0 atom stereocenters. The van der Waals surface area contributed by atoms with Crippen LogP contribution in [-0.2, 0) is 16.6 Å². The first-order chi connectivity index (χ1) is 14.2. The molecule has 30 heavy (non-hydrogen) atoms. The van der Waals surface area contributed by atoms with Gasteiger partial charge in [0, 0.05) is 27.2 Å². The minimum Gasteiger partial charge on any atom is -0.319 e. The summed E-state index contributed by atoms with van der Waals surface area (Å²) in [7, 11) is -4.02. The van der Waals surface area contributed by atoms with Crippen molar-refractivity contribution >= 4 is 56.4 Å². The molecule has 0 bridgehead atoms. The van der Waals surface area contributed by atoms with Crippen LogP contribution in [0.3, 0.4) is 0 Å². The third-order valence-corrected chi connectivity index (χ3v) is 6.31. The van der Waals surface area contributed by atoms with E-state index in [1.54, 1.807) is 12.1 Å². The van der Waals surface area contributed by atoms with E-state index in [-0.39, 0.29) is 22.7 Å². The summed E-state index contributed by atoms with van der Waals surface area (Å²) < 4.78 is 41.7. The normalized spacial score (nSPS) is 11.3. The van der Waals surface area contributed by atoms with E-state index in [0.717, 1.165) is 6.07 Å². The van der Waals surface area contributed by atoms with Crippen LogP contribution in [0.1, 0.15) is 15.9 Å². The molecule has 0 aromatic heterocycles. The van der Waals surface area contributed by atoms with Crippen LogP contribution >= 0.6 is 34.8 Å². The SMILES string of the molecule is O=C(Nc1ccc(S(=O)(=O)NCc2ccc(Cl)cc2Cl)cc1F)c1ccc(Cl)cc1. The van der Waals surface area contributed by atoms with Crippen LogP contribution in [0.2, 0.25) is 15.1 Å². The fourth-order valence-corrected chi connectivity index (χ4v) is 4.10. The van der Waals surface area contributed by atoms with E-state index in [1.165, 1.54) is 42.5 Å². The minimum absolute atomic E-state index is 0.102. The first-order valence-corrected chi connectivity index (χ1v) is 11.1. The predicted octanol–water partition coefficient (Wildman–Crippen LogP) is 5.52. The topological polar surface area (TPSA) is 75.3 Å². The highest BCUT2D eigenvalue weighted by molar-refractivity contribution is 7.89. The number of rotatable bonds is 6. The van der Waals surface area contributed by atoms with Gasteiger partial charge in [0.2, 0.25) is 10.0 Å². The molecule has 0 aliphatic carbocycles. The Kier molecular flexibility index (Phi) is 7.00. The second kappa shape index (κ2) is 9.32. The standard InChI is InChI=1S/C20H14Cl3FN2O3S/c21-14-4-1-12(2-5-14)20(27)26-19-8-7-16(10-18(19)24)30(28,29)25-11-13-3-6-15(22)9-17(13)23/h1-10,25H,11H2,(H,26,27). The lowest BCUT2D eigenvalue weighted by Crippen LogP contribution is -2.23. The molecule has 0 fully saturated rings. The van der Waals surface area contributed by atoms with Crippen molar-refractivity contribution in [3.63, 3.8) is 0 Å². The fourth-order valence-electron chi connectivity index (χ4n) is 2.48. The smallest absolute Gasteiger partial charge is 0.255 e. The Hall–Kier alpha value is -2.16. The highest BCUT2D eigenvalue weighted by Crippen LogP contribution is 2.23. The van der Waals surface area contributed by atoms with Gasteiger partial charge < -0.3 is 5.32 Å². The quantitative estimate of drug-likeness (QED) is 0.481. The Morgan fingerprint density at radius 3 is 2.20 bits per heavy atom. The maximum Gasteiger partial charge on any atom is 0.255 e. The van der Waals surface area contributed by atoms with Crippen molar-refractivity contribution in [2.75, 3.05) is 5.32 Å².